The highest BCUT2D eigenvalue weighted by atomic mass is 32.2. The van der Waals surface area contributed by atoms with Gasteiger partial charge in [0.25, 0.3) is 5.60 Å². The lowest BCUT2D eigenvalue weighted by Crippen LogP contribution is -2.56. The normalized spacial score (nSPS) is 16.3. The summed E-state index contributed by atoms with van der Waals surface area (Å²) in [7, 11) is -4.26. The van der Waals surface area contributed by atoms with Crippen LogP contribution in [0.25, 0.3) is 0 Å². The number of ether oxygens (including phenoxy) is 1. The van der Waals surface area contributed by atoms with Crippen LogP contribution in [0, 0.1) is 17.5 Å². The molecule has 0 bridgehead atoms. The minimum Gasteiger partial charge on any atom is -0.349 e. The van der Waals surface area contributed by atoms with Crippen molar-refractivity contribution >= 4 is 9.84 Å². The van der Waals surface area contributed by atoms with E-state index in [1.807, 2.05) is 0 Å². The van der Waals surface area contributed by atoms with Gasteiger partial charge in [0.2, 0.25) is 0 Å². The van der Waals surface area contributed by atoms with Crippen LogP contribution in [0.3, 0.4) is 0 Å². The number of halogens is 9. The summed E-state index contributed by atoms with van der Waals surface area (Å²) in [5.74, 6) is -3.50. The number of hydrogen-bond donors (Lipinski definition) is 0. The van der Waals surface area contributed by atoms with Crippen molar-refractivity contribution in [3.8, 4) is 0 Å². The van der Waals surface area contributed by atoms with Crippen LogP contribution in [-0.4, -0.2) is 20.8 Å². The van der Waals surface area contributed by atoms with Crippen LogP contribution >= 0.6 is 0 Å². The average Bonchev–Trinajstić information content (AvgIpc) is 3.37. The molecule has 0 amide bonds. The SMILES string of the molecule is O=S(=O)(c1ccc(F)cc1)C1(c2ccc(C(OCc3c(F)cccc3F)(C(F)(F)F)C(F)(F)F)cc2)CCCC1. The highest BCUT2D eigenvalue weighted by Gasteiger charge is 2.73. The lowest BCUT2D eigenvalue weighted by Gasteiger charge is -2.38. The second-order valence-electron chi connectivity index (χ2n) is 9.40. The lowest BCUT2D eigenvalue weighted by atomic mass is 9.88. The monoisotopic (exact) mass is 596 g/mol. The van der Waals surface area contributed by atoms with Gasteiger partial charge in [0.15, 0.2) is 9.84 Å². The van der Waals surface area contributed by atoms with Crippen LogP contribution < -0.4 is 0 Å². The summed E-state index contributed by atoms with van der Waals surface area (Å²) in [4.78, 5) is -0.255. The maximum atomic E-state index is 14.2. The first-order valence-electron chi connectivity index (χ1n) is 11.9. The van der Waals surface area contributed by atoms with Crippen LogP contribution in [0.15, 0.2) is 71.6 Å². The summed E-state index contributed by atoms with van der Waals surface area (Å²) in [6, 6.07) is 8.71. The lowest BCUT2D eigenvalue weighted by molar-refractivity contribution is -0.392. The Bertz CT molecular complexity index is 1420. The maximum absolute atomic E-state index is 14.2. The summed E-state index contributed by atoms with van der Waals surface area (Å²) in [5.41, 5.74) is -7.64. The van der Waals surface area contributed by atoms with E-state index in [0.717, 1.165) is 42.5 Å². The van der Waals surface area contributed by atoms with E-state index in [0.29, 0.717) is 37.1 Å². The smallest absolute Gasteiger partial charge is 0.349 e. The topological polar surface area (TPSA) is 43.4 Å². The zero-order chi connectivity index (χ0) is 29.6. The molecule has 0 aliphatic heterocycles. The van der Waals surface area contributed by atoms with Crippen molar-refractivity contribution in [1.82, 2.24) is 0 Å². The number of alkyl halides is 6. The third-order valence-corrected chi connectivity index (χ3v) is 9.73. The largest absolute Gasteiger partial charge is 0.430 e. The maximum Gasteiger partial charge on any atom is 0.430 e. The Hall–Kier alpha value is -3.06. The Labute approximate surface area is 223 Å². The molecule has 0 aromatic heterocycles. The summed E-state index contributed by atoms with van der Waals surface area (Å²) in [6.07, 6.45) is -11.4. The first-order valence-corrected chi connectivity index (χ1v) is 13.4. The molecule has 1 saturated carbocycles. The zero-order valence-corrected chi connectivity index (χ0v) is 21.2. The third-order valence-electron chi connectivity index (χ3n) is 7.16. The van der Waals surface area contributed by atoms with Crippen molar-refractivity contribution in [2.24, 2.45) is 0 Å². The molecular weight excluding hydrogens is 575 g/mol. The van der Waals surface area contributed by atoms with E-state index < -0.39 is 67.7 Å². The molecule has 0 radical (unpaired) electrons. The van der Waals surface area contributed by atoms with Crippen molar-refractivity contribution in [2.75, 3.05) is 0 Å². The van der Waals surface area contributed by atoms with Crippen LogP contribution in [0.4, 0.5) is 39.5 Å². The number of sulfone groups is 1. The van der Waals surface area contributed by atoms with Crippen molar-refractivity contribution in [3.63, 3.8) is 0 Å². The fourth-order valence-corrected chi connectivity index (χ4v) is 7.31. The quantitative estimate of drug-likeness (QED) is 0.206. The molecule has 40 heavy (non-hydrogen) atoms. The predicted octanol–water partition coefficient (Wildman–Crippen LogP) is 7.88. The molecular formula is C27H21F9O3S. The number of rotatable bonds is 7. The van der Waals surface area contributed by atoms with Gasteiger partial charge in [0.05, 0.1) is 11.5 Å². The second kappa shape index (κ2) is 10.4. The summed E-state index contributed by atoms with van der Waals surface area (Å²) in [6.45, 7) is -1.71. The van der Waals surface area contributed by atoms with Gasteiger partial charge in [-0.15, -0.1) is 0 Å². The Morgan fingerprint density at radius 3 is 1.70 bits per heavy atom. The van der Waals surface area contributed by atoms with Gasteiger partial charge in [-0.3, -0.25) is 0 Å². The van der Waals surface area contributed by atoms with Crippen LogP contribution in [0.1, 0.15) is 42.4 Å². The molecule has 0 saturated heterocycles. The van der Waals surface area contributed by atoms with Crippen LogP contribution in [-0.2, 0) is 31.5 Å². The predicted molar refractivity (Wildman–Crippen MR) is 125 cm³/mol. The van der Waals surface area contributed by atoms with Crippen LogP contribution in [0.5, 0.6) is 0 Å². The molecule has 3 nitrogen and oxygen atoms in total. The Morgan fingerprint density at radius 2 is 1.23 bits per heavy atom. The van der Waals surface area contributed by atoms with E-state index in [9.17, 15) is 47.9 Å². The van der Waals surface area contributed by atoms with Gasteiger partial charge >= 0.3 is 12.4 Å². The molecule has 1 fully saturated rings. The first-order chi connectivity index (χ1) is 18.6. The molecule has 0 N–H and O–H groups in total. The molecule has 4 rings (SSSR count). The van der Waals surface area contributed by atoms with Crippen molar-refractivity contribution < 1.29 is 52.7 Å². The Balaban J connectivity index is 1.81. The van der Waals surface area contributed by atoms with E-state index in [2.05, 4.69) is 4.74 Å². The highest BCUT2D eigenvalue weighted by Crippen LogP contribution is 2.54. The summed E-state index contributed by atoms with van der Waals surface area (Å²) in [5, 5.41) is 0. The minimum atomic E-state index is -6.14. The van der Waals surface area contributed by atoms with Gasteiger partial charge < -0.3 is 4.74 Å². The number of hydrogen-bond acceptors (Lipinski definition) is 3. The first kappa shape index (κ1) is 29.9. The summed E-state index contributed by atoms with van der Waals surface area (Å²) >= 11 is 0. The van der Waals surface area contributed by atoms with E-state index in [4.69, 9.17) is 0 Å². The fraction of sp³-hybridized carbons (Fsp3) is 0.333. The average molecular weight is 597 g/mol. The molecule has 0 unspecified atom stereocenters. The fourth-order valence-electron chi connectivity index (χ4n) is 5.09. The van der Waals surface area contributed by atoms with Crippen molar-refractivity contribution in [3.05, 3.63) is 101 Å². The second-order valence-corrected chi connectivity index (χ2v) is 11.7. The van der Waals surface area contributed by atoms with E-state index in [1.165, 1.54) is 0 Å². The van der Waals surface area contributed by atoms with Gasteiger partial charge in [-0.1, -0.05) is 43.2 Å². The van der Waals surface area contributed by atoms with E-state index in [1.54, 1.807) is 0 Å². The molecule has 1 aliphatic rings. The van der Waals surface area contributed by atoms with Crippen LogP contribution in [0.2, 0.25) is 0 Å². The molecule has 3 aromatic carbocycles. The molecule has 13 heteroatoms. The molecule has 0 spiro atoms. The van der Waals surface area contributed by atoms with Crippen molar-refractivity contribution in [1.29, 1.82) is 0 Å². The third kappa shape index (κ3) is 4.87. The molecule has 3 aromatic rings. The van der Waals surface area contributed by atoms with Gasteiger partial charge in [-0.25, -0.2) is 21.6 Å². The minimum absolute atomic E-state index is 0.0266. The molecule has 1 aliphatic carbocycles. The van der Waals surface area contributed by atoms with Crippen molar-refractivity contribution in [2.45, 2.75) is 59.9 Å². The van der Waals surface area contributed by atoms with Gasteiger partial charge in [0.1, 0.15) is 22.2 Å². The Morgan fingerprint density at radius 1 is 0.725 bits per heavy atom. The molecule has 216 valence electrons. The van der Waals surface area contributed by atoms with E-state index in [-0.39, 0.29) is 23.3 Å². The summed E-state index contributed by atoms with van der Waals surface area (Å²) < 4.78 is 157. The standard InChI is InChI=1S/C27H21F9O3S/c28-19-10-12-20(13-11-19)40(37,38)24(14-1-2-15-24)17-6-8-18(9-7-17)25(26(31,32)33,27(34,35)36)39-16-21-22(29)4-3-5-23(21)30/h3-13H,1-2,14-16H2. The Kier molecular flexibility index (Phi) is 7.78. The highest BCUT2D eigenvalue weighted by molar-refractivity contribution is 7.92. The molecule has 0 heterocycles. The van der Waals surface area contributed by atoms with Gasteiger partial charge in [-0.2, -0.15) is 26.3 Å². The number of benzene rings is 3. The molecule has 0 atom stereocenters. The van der Waals surface area contributed by atoms with Gasteiger partial charge in [-0.05, 0) is 54.8 Å². The van der Waals surface area contributed by atoms with Gasteiger partial charge in [0, 0.05) is 11.1 Å². The van der Waals surface area contributed by atoms with E-state index >= 15 is 0 Å². The zero-order valence-electron chi connectivity index (χ0n) is 20.4.